The molecule has 0 atom stereocenters. The van der Waals surface area contributed by atoms with Crippen LogP contribution < -0.4 is 5.32 Å². The molecule has 0 aliphatic heterocycles. The van der Waals surface area contributed by atoms with Crippen LogP contribution in [0.3, 0.4) is 0 Å². The molecule has 1 N–H and O–H groups in total. The Morgan fingerprint density at radius 3 is 2.84 bits per heavy atom. The molecule has 1 aliphatic carbocycles. The Morgan fingerprint density at radius 1 is 1.28 bits per heavy atom. The molecule has 2 aromatic heterocycles. The molecular formula is C19H20FN3OS. The normalized spacial score (nSPS) is 15.6. The number of aromatic nitrogens is 2. The highest BCUT2D eigenvalue weighted by atomic mass is 32.1. The third-order valence-corrected chi connectivity index (χ3v) is 6.20. The fourth-order valence-electron chi connectivity index (χ4n) is 3.67. The molecule has 25 heavy (non-hydrogen) atoms. The average Bonchev–Trinajstić information content (AvgIpc) is 3.21. The van der Waals surface area contributed by atoms with E-state index in [1.165, 1.54) is 36.7 Å². The van der Waals surface area contributed by atoms with Crippen LogP contribution in [0.1, 0.15) is 53.4 Å². The number of fused-ring (bicyclic) bond motifs is 1. The van der Waals surface area contributed by atoms with E-state index in [0.717, 1.165) is 17.5 Å². The Hall–Kier alpha value is -2.21. The average molecular weight is 357 g/mol. The van der Waals surface area contributed by atoms with Gasteiger partial charge in [-0.25, -0.2) is 9.07 Å². The minimum atomic E-state index is -0.280. The third kappa shape index (κ3) is 2.95. The largest absolute Gasteiger partial charge is 0.306 e. The van der Waals surface area contributed by atoms with Gasteiger partial charge in [-0.1, -0.05) is 25.3 Å². The number of halogens is 1. The summed E-state index contributed by atoms with van der Waals surface area (Å²) in [5, 5.41) is 7.93. The Kier molecular flexibility index (Phi) is 4.29. The maximum Gasteiger partial charge on any atom is 0.267 e. The first kappa shape index (κ1) is 16.3. The fraction of sp³-hybridized carbons (Fsp3) is 0.368. The van der Waals surface area contributed by atoms with Crippen LogP contribution in [0.5, 0.6) is 0 Å². The lowest BCUT2D eigenvalue weighted by molar-refractivity contribution is 0.102. The van der Waals surface area contributed by atoms with Gasteiger partial charge in [0.05, 0.1) is 17.1 Å². The summed E-state index contributed by atoms with van der Waals surface area (Å²) in [4.78, 5) is 13.3. The van der Waals surface area contributed by atoms with Gasteiger partial charge < -0.3 is 5.32 Å². The summed E-state index contributed by atoms with van der Waals surface area (Å²) >= 11 is 1.33. The van der Waals surface area contributed by atoms with E-state index in [0.29, 0.717) is 27.7 Å². The van der Waals surface area contributed by atoms with Gasteiger partial charge in [0.2, 0.25) is 0 Å². The molecule has 1 fully saturated rings. The summed E-state index contributed by atoms with van der Waals surface area (Å²) in [6, 6.07) is 7.13. The van der Waals surface area contributed by atoms with Crippen LogP contribution in [-0.2, 0) is 0 Å². The van der Waals surface area contributed by atoms with E-state index in [1.54, 1.807) is 19.2 Å². The summed E-state index contributed by atoms with van der Waals surface area (Å²) in [6.07, 6.45) is 7.59. The Morgan fingerprint density at radius 2 is 2.08 bits per heavy atom. The minimum Gasteiger partial charge on any atom is -0.306 e. The number of amides is 1. The number of carbonyl (C=O) groups is 1. The Labute approximate surface area is 149 Å². The first-order valence-electron chi connectivity index (χ1n) is 8.67. The summed E-state index contributed by atoms with van der Waals surface area (Å²) in [5.41, 5.74) is 0.694. The van der Waals surface area contributed by atoms with Gasteiger partial charge >= 0.3 is 0 Å². The second kappa shape index (κ2) is 6.59. The molecule has 1 amide bonds. The highest BCUT2D eigenvalue weighted by Gasteiger charge is 2.22. The van der Waals surface area contributed by atoms with Crippen LogP contribution in [-0.4, -0.2) is 15.7 Å². The molecule has 0 bridgehead atoms. The number of anilines is 1. The van der Waals surface area contributed by atoms with Crippen LogP contribution in [0, 0.1) is 12.7 Å². The van der Waals surface area contributed by atoms with Crippen molar-refractivity contribution in [1.29, 1.82) is 0 Å². The second-order valence-electron chi connectivity index (χ2n) is 6.58. The van der Waals surface area contributed by atoms with Gasteiger partial charge in [0.25, 0.3) is 5.91 Å². The van der Waals surface area contributed by atoms with E-state index >= 15 is 0 Å². The molecule has 0 unspecified atom stereocenters. The standard InChI is InChI=1S/C19H20FN3OS/c1-12-17-14(20)8-5-9-15(17)25-18(12)19(24)22-16-10-11-21-23(16)13-6-3-2-4-7-13/h5,8-11,13H,2-4,6-7H2,1H3,(H,22,24). The monoisotopic (exact) mass is 357 g/mol. The number of thiophene rings is 1. The van der Waals surface area contributed by atoms with Crippen molar-refractivity contribution >= 4 is 33.1 Å². The highest BCUT2D eigenvalue weighted by molar-refractivity contribution is 7.21. The first-order chi connectivity index (χ1) is 12.1. The molecule has 4 nitrogen and oxygen atoms in total. The van der Waals surface area contributed by atoms with E-state index in [-0.39, 0.29) is 11.7 Å². The van der Waals surface area contributed by atoms with E-state index in [1.807, 2.05) is 16.8 Å². The summed E-state index contributed by atoms with van der Waals surface area (Å²) in [6.45, 7) is 1.80. The van der Waals surface area contributed by atoms with Crippen molar-refractivity contribution < 1.29 is 9.18 Å². The number of benzene rings is 1. The van der Waals surface area contributed by atoms with Crippen LogP contribution in [0.25, 0.3) is 10.1 Å². The smallest absolute Gasteiger partial charge is 0.267 e. The summed E-state index contributed by atoms with van der Waals surface area (Å²) in [5.74, 6) is 0.238. The van der Waals surface area contributed by atoms with Gasteiger partial charge in [-0.3, -0.25) is 4.79 Å². The molecule has 130 valence electrons. The molecule has 0 radical (unpaired) electrons. The number of aryl methyl sites for hydroxylation is 1. The van der Waals surface area contributed by atoms with Crippen molar-refractivity contribution in [2.24, 2.45) is 0 Å². The predicted octanol–water partition coefficient (Wildman–Crippen LogP) is 5.30. The van der Waals surface area contributed by atoms with E-state index in [9.17, 15) is 9.18 Å². The molecule has 1 aromatic carbocycles. The number of nitrogens with one attached hydrogen (secondary N) is 1. The van der Waals surface area contributed by atoms with Gasteiger partial charge in [0.1, 0.15) is 11.6 Å². The van der Waals surface area contributed by atoms with Crippen molar-refractivity contribution in [2.45, 2.75) is 45.1 Å². The van der Waals surface area contributed by atoms with Crippen molar-refractivity contribution in [3.63, 3.8) is 0 Å². The zero-order valence-electron chi connectivity index (χ0n) is 14.1. The second-order valence-corrected chi connectivity index (χ2v) is 7.63. The zero-order chi connectivity index (χ0) is 17.4. The molecule has 0 saturated heterocycles. The number of hydrogen-bond donors (Lipinski definition) is 1. The Bertz CT molecular complexity index is 924. The molecule has 2 heterocycles. The van der Waals surface area contributed by atoms with Gasteiger partial charge in [0, 0.05) is 16.2 Å². The zero-order valence-corrected chi connectivity index (χ0v) is 14.9. The lowest BCUT2D eigenvalue weighted by atomic mass is 9.96. The Balaban J connectivity index is 1.62. The van der Waals surface area contributed by atoms with Crippen molar-refractivity contribution in [3.8, 4) is 0 Å². The molecule has 6 heteroatoms. The fourth-order valence-corrected chi connectivity index (χ4v) is 4.79. The maximum atomic E-state index is 14.1. The van der Waals surface area contributed by atoms with E-state index in [2.05, 4.69) is 10.4 Å². The number of carbonyl (C=O) groups excluding carboxylic acids is 1. The number of nitrogens with zero attached hydrogens (tertiary/aromatic N) is 2. The molecule has 3 aromatic rings. The van der Waals surface area contributed by atoms with E-state index in [4.69, 9.17) is 0 Å². The number of hydrogen-bond acceptors (Lipinski definition) is 3. The van der Waals surface area contributed by atoms with Gasteiger partial charge in [0.15, 0.2) is 0 Å². The van der Waals surface area contributed by atoms with Crippen LogP contribution in [0.15, 0.2) is 30.5 Å². The molecule has 0 spiro atoms. The van der Waals surface area contributed by atoms with Gasteiger partial charge in [-0.15, -0.1) is 11.3 Å². The predicted molar refractivity (Wildman–Crippen MR) is 98.8 cm³/mol. The van der Waals surface area contributed by atoms with Crippen LogP contribution in [0.4, 0.5) is 10.2 Å². The SMILES string of the molecule is Cc1c(C(=O)Nc2ccnn2C2CCCCC2)sc2cccc(F)c12. The molecule has 4 rings (SSSR count). The summed E-state index contributed by atoms with van der Waals surface area (Å²) < 4.78 is 16.8. The molecular weight excluding hydrogens is 337 g/mol. The van der Waals surface area contributed by atoms with Gasteiger partial charge in [-0.2, -0.15) is 5.10 Å². The first-order valence-corrected chi connectivity index (χ1v) is 9.49. The quantitative estimate of drug-likeness (QED) is 0.691. The topological polar surface area (TPSA) is 46.9 Å². The summed E-state index contributed by atoms with van der Waals surface area (Å²) in [7, 11) is 0. The molecule has 1 aliphatic rings. The van der Waals surface area contributed by atoms with Crippen LogP contribution >= 0.6 is 11.3 Å². The lowest BCUT2D eigenvalue weighted by Crippen LogP contribution is -2.20. The minimum absolute atomic E-state index is 0.198. The van der Waals surface area contributed by atoms with Gasteiger partial charge in [-0.05, 0) is 37.5 Å². The number of rotatable bonds is 3. The molecule has 1 saturated carbocycles. The van der Waals surface area contributed by atoms with Crippen molar-refractivity contribution in [1.82, 2.24) is 9.78 Å². The third-order valence-electron chi connectivity index (χ3n) is 4.94. The van der Waals surface area contributed by atoms with Crippen LogP contribution in [0.2, 0.25) is 0 Å². The van der Waals surface area contributed by atoms with E-state index < -0.39 is 0 Å². The van der Waals surface area contributed by atoms with Crippen molar-refractivity contribution in [3.05, 3.63) is 46.7 Å². The highest BCUT2D eigenvalue weighted by Crippen LogP contribution is 2.34. The lowest BCUT2D eigenvalue weighted by Gasteiger charge is -2.23. The van der Waals surface area contributed by atoms with Crippen molar-refractivity contribution in [2.75, 3.05) is 5.32 Å². The maximum absolute atomic E-state index is 14.1.